The molecular weight excluding hydrogens is 916 g/mol. The molecule has 4 N–H and O–H groups in total. The molecule has 376 valence electrons. The van der Waals surface area contributed by atoms with Crippen molar-refractivity contribution in [3.8, 4) is 33.0 Å². The fourth-order valence-corrected chi connectivity index (χ4v) is 11.0. The molecule has 14 nitrogen and oxygen atoms in total. The Balaban J connectivity index is 0.764. The molecule has 3 aromatic carbocycles. The smallest absolute Gasteiger partial charge is 0.246 e. The van der Waals surface area contributed by atoms with Crippen LogP contribution in [-0.2, 0) is 28.0 Å². The van der Waals surface area contributed by atoms with Gasteiger partial charge in [-0.25, -0.2) is 14.4 Å². The van der Waals surface area contributed by atoms with Crippen LogP contribution in [0.4, 0.5) is 4.39 Å². The van der Waals surface area contributed by atoms with E-state index >= 15 is 0 Å². The zero-order valence-electron chi connectivity index (χ0n) is 42.4. The molecule has 2 aliphatic rings. The number of carbonyl (C=O) groups excluding carboxylic acids is 3. The molecule has 16 heteroatoms. The third-order valence-electron chi connectivity index (χ3n) is 14.1. The van der Waals surface area contributed by atoms with Gasteiger partial charge in [-0.1, -0.05) is 57.2 Å². The predicted molar refractivity (Wildman–Crippen MR) is 279 cm³/mol. The van der Waals surface area contributed by atoms with E-state index in [1.807, 2.05) is 88.4 Å². The molecule has 0 aliphatic carbocycles. The van der Waals surface area contributed by atoms with Gasteiger partial charge in [0.1, 0.15) is 17.9 Å². The van der Waals surface area contributed by atoms with Crippen LogP contribution in [0.5, 0.6) is 0 Å². The van der Waals surface area contributed by atoms with Gasteiger partial charge >= 0.3 is 0 Å². The van der Waals surface area contributed by atoms with Gasteiger partial charge in [-0.2, -0.15) is 0 Å². The number of amides is 3. The number of β-amino-alcohol motifs (C(OH)–C–C–N with tert-alkyl or cyclic N) is 1. The second kappa shape index (κ2) is 22.2. The lowest BCUT2D eigenvalue weighted by molar-refractivity contribution is -0.144. The summed E-state index contributed by atoms with van der Waals surface area (Å²) >= 11 is 1.59. The molecule has 2 saturated heterocycles. The Hall–Kier alpha value is -5.91. The van der Waals surface area contributed by atoms with Crippen molar-refractivity contribution < 1.29 is 23.9 Å². The highest BCUT2D eigenvalue weighted by molar-refractivity contribution is 7.13. The van der Waals surface area contributed by atoms with E-state index in [1.165, 1.54) is 22.6 Å². The molecule has 3 amide bonds. The second-order valence-electron chi connectivity index (χ2n) is 20.5. The number of piperazine rings is 1. The molecule has 4 atom stereocenters. The Morgan fingerprint density at radius 1 is 0.901 bits per heavy atom. The van der Waals surface area contributed by atoms with Crippen LogP contribution in [0.15, 0.2) is 78.7 Å². The minimum atomic E-state index is -0.866. The first kappa shape index (κ1) is 51.4. The molecule has 8 rings (SSSR count). The Morgan fingerprint density at radius 3 is 2.28 bits per heavy atom. The first-order chi connectivity index (χ1) is 33.9. The standard InChI is InChI=1S/C55H69FN10O4S/c1-34-26-38(27-35(2)48(34)49-50(63(8)32-59-49)44-17-18-58-45-28-41(56)15-16-43(44)45)30-57-19-21-65-24-22-64(23-25-65)20-9-10-47(68)62-52(55(5,6)7)54(70)66-31-42(67)29-46(66)53(69)61-36(3)39-11-13-40(14-12-39)51-37(4)60-33-71-51/h11-18,26-28,32-33,36,42,46,52,57,67H,9-10,19-25,29-31H2,1-8H3,(H,61,69)(H,62,68)/t36-,42+,46-,52+/m0/s1. The van der Waals surface area contributed by atoms with E-state index in [9.17, 15) is 23.9 Å². The van der Waals surface area contributed by atoms with E-state index in [4.69, 9.17) is 4.98 Å². The molecule has 2 fully saturated rings. The number of likely N-dealkylation sites (tertiary alicyclic amines) is 1. The van der Waals surface area contributed by atoms with Gasteiger partial charge in [0.05, 0.1) is 51.5 Å². The van der Waals surface area contributed by atoms with Gasteiger partial charge in [0.2, 0.25) is 17.7 Å². The van der Waals surface area contributed by atoms with Crippen LogP contribution in [0.1, 0.15) is 80.9 Å². The van der Waals surface area contributed by atoms with Crippen LogP contribution in [0.2, 0.25) is 0 Å². The van der Waals surface area contributed by atoms with Crippen molar-refractivity contribution in [3.05, 3.63) is 112 Å². The summed E-state index contributed by atoms with van der Waals surface area (Å²) in [5.74, 6) is -1.20. The van der Waals surface area contributed by atoms with Crippen molar-refractivity contribution in [1.29, 1.82) is 0 Å². The van der Waals surface area contributed by atoms with Crippen molar-refractivity contribution in [3.63, 3.8) is 0 Å². The molecule has 0 bridgehead atoms. The molecule has 2 aliphatic heterocycles. The van der Waals surface area contributed by atoms with Crippen molar-refractivity contribution in [1.82, 2.24) is 50.2 Å². The second-order valence-corrected chi connectivity index (χ2v) is 21.4. The zero-order valence-corrected chi connectivity index (χ0v) is 43.2. The Kier molecular flexibility index (Phi) is 16.1. The largest absolute Gasteiger partial charge is 0.391 e. The molecule has 3 aromatic heterocycles. The highest BCUT2D eigenvalue weighted by Crippen LogP contribution is 2.38. The number of aromatic nitrogens is 4. The van der Waals surface area contributed by atoms with E-state index in [0.717, 1.165) is 113 Å². The van der Waals surface area contributed by atoms with Gasteiger partial charge in [-0.05, 0) is 92.1 Å². The first-order valence-corrected chi connectivity index (χ1v) is 25.7. The number of imidazole rings is 1. The summed E-state index contributed by atoms with van der Waals surface area (Å²) in [6.07, 6.45) is 3.78. The zero-order chi connectivity index (χ0) is 50.6. The maximum absolute atomic E-state index is 14.2. The predicted octanol–water partition coefficient (Wildman–Crippen LogP) is 7.35. The van der Waals surface area contributed by atoms with Crippen LogP contribution in [0, 0.1) is 32.0 Å². The van der Waals surface area contributed by atoms with E-state index in [-0.39, 0.29) is 49.0 Å². The Morgan fingerprint density at radius 2 is 1.61 bits per heavy atom. The molecule has 0 saturated carbocycles. The Bertz CT molecular complexity index is 2830. The number of hydrogen-bond donors (Lipinski definition) is 4. The summed E-state index contributed by atoms with van der Waals surface area (Å²) in [6.45, 7) is 21.0. The average molecular weight is 985 g/mol. The highest BCUT2D eigenvalue weighted by atomic mass is 32.1. The van der Waals surface area contributed by atoms with Crippen LogP contribution in [-0.4, -0.2) is 128 Å². The summed E-state index contributed by atoms with van der Waals surface area (Å²) in [6, 6.07) is 17.1. The number of aliphatic hydroxyl groups excluding tert-OH is 1. The fourth-order valence-electron chi connectivity index (χ4n) is 10.2. The molecule has 6 aromatic rings. The number of nitrogens with zero attached hydrogens (tertiary/aromatic N) is 7. The lowest BCUT2D eigenvalue weighted by Gasteiger charge is -2.36. The van der Waals surface area contributed by atoms with Crippen LogP contribution < -0.4 is 16.0 Å². The number of aryl methyl sites for hydroxylation is 4. The summed E-state index contributed by atoms with van der Waals surface area (Å²) < 4.78 is 16.1. The van der Waals surface area contributed by atoms with Gasteiger partial charge < -0.3 is 35.4 Å². The lowest BCUT2D eigenvalue weighted by atomic mass is 9.85. The monoisotopic (exact) mass is 985 g/mol. The number of thiazole rings is 1. The van der Waals surface area contributed by atoms with Crippen molar-refractivity contribution in [2.24, 2.45) is 12.5 Å². The molecule has 0 radical (unpaired) electrons. The van der Waals surface area contributed by atoms with Crippen molar-refractivity contribution in [2.45, 2.75) is 98.5 Å². The van der Waals surface area contributed by atoms with Gasteiger partial charge in [0, 0.05) is 101 Å². The average Bonchev–Trinajstić information content (AvgIpc) is 4.06. The van der Waals surface area contributed by atoms with Crippen LogP contribution >= 0.6 is 11.3 Å². The number of aliphatic hydroxyl groups is 1. The number of hydrogen-bond acceptors (Lipinski definition) is 11. The molecular formula is C55H69FN10O4S. The summed E-state index contributed by atoms with van der Waals surface area (Å²) in [5.41, 5.74) is 12.2. The normalized spacial score (nSPS) is 17.7. The number of nitrogens with one attached hydrogen (secondary N) is 3. The molecule has 0 unspecified atom stereocenters. The van der Waals surface area contributed by atoms with Crippen molar-refractivity contribution in [2.75, 3.05) is 52.4 Å². The number of rotatable bonds is 17. The summed E-state index contributed by atoms with van der Waals surface area (Å²) in [5, 5.41) is 21.3. The van der Waals surface area contributed by atoms with E-state index in [2.05, 4.69) is 61.7 Å². The lowest BCUT2D eigenvalue weighted by Crippen LogP contribution is -2.57. The maximum Gasteiger partial charge on any atom is 0.246 e. The van der Waals surface area contributed by atoms with Gasteiger partial charge in [0.25, 0.3) is 0 Å². The quantitative estimate of drug-likeness (QED) is 0.0681. The maximum atomic E-state index is 14.2. The fraction of sp³-hybridized carbons (Fsp3) is 0.455. The van der Waals surface area contributed by atoms with E-state index in [1.54, 1.807) is 23.6 Å². The minimum Gasteiger partial charge on any atom is -0.391 e. The summed E-state index contributed by atoms with van der Waals surface area (Å²) in [4.78, 5) is 62.4. The molecule has 0 spiro atoms. The van der Waals surface area contributed by atoms with Gasteiger partial charge in [-0.15, -0.1) is 11.3 Å². The van der Waals surface area contributed by atoms with Crippen LogP contribution in [0.25, 0.3) is 43.9 Å². The highest BCUT2D eigenvalue weighted by Gasteiger charge is 2.44. The van der Waals surface area contributed by atoms with Gasteiger partial charge in [0.15, 0.2) is 0 Å². The Labute approximate surface area is 421 Å². The van der Waals surface area contributed by atoms with E-state index in [0.29, 0.717) is 11.9 Å². The number of benzene rings is 3. The van der Waals surface area contributed by atoms with E-state index < -0.39 is 23.6 Å². The topological polar surface area (TPSA) is 161 Å². The summed E-state index contributed by atoms with van der Waals surface area (Å²) in [7, 11) is 1.99. The molecule has 5 heterocycles. The minimum absolute atomic E-state index is 0.0270. The number of fused-ring (bicyclic) bond motifs is 1. The SMILES string of the molecule is Cc1cc(CNCCN2CCN(CCCC(=O)N[C@H](C(=O)N3C[C@H](O)C[C@H]3C(=O)N[C@@H](C)c3ccc(-c4scnc4C)cc3)C(C)(C)C)CC2)cc(C)c1-c1ncn(C)c1-c1ccnc2cc(F)ccc12. The molecule has 71 heavy (non-hydrogen) atoms. The first-order valence-electron chi connectivity index (χ1n) is 24.9. The number of halogens is 1. The third-order valence-corrected chi connectivity index (χ3v) is 15.0. The third kappa shape index (κ3) is 12.1. The van der Waals surface area contributed by atoms with Crippen molar-refractivity contribution >= 4 is 40.0 Å². The van der Waals surface area contributed by atoms with Crippen LogP contribution in [0.3, 0.4) is 0 Å². The van der Waals surface area contributed by atoms with Gasteiger partial charge in [-0.3, -0.25) is 24.3 Å². The number of carbonyl (C=O) groups is 3. The number of pyridine rings is 1.